The zero-order valence-corrected chi connectivity index (χ0v) is 15.1. The molecule has 0 bridgehead atoms. The highest BCUT2D eigenvalue weighted by Crippen LogP contribution is 2.16. The monoisotopic (exact) mass is 338 g/mol. The second-order valence-corrected chi connectivity index (χ2v) is 6.73. The smallest absolute Gasteiger partial charge is 0.235 e. The van der Waals surface area contributed by atoms with Gasteiger partial charge < -0.3 is 10.6 Å². The third kappa shape index (κ3) is 5.18. The quantitative estimate of drug-likeness (QED) is 0.763. The number of carbonyl (C=O) groups is 2. The Morgan fingerprint density at radius 1 is 0.880 bits per heavy atom. The molecule has 25 heavy (non-hydrogen) atoms. The fourth-order valence-electron chi connectivity index (χ4n) is 2.49. The van der Waals surface area contributed by atoms with Crippen LogP contribution in [0.4, 0.5) is 0 Å². The lowest BCUT2D eigenvalue weighted by molar-refractivity contribution is -0.141. The molecule has 2 rings (SSSR count). The number of rotatable bonds is 7. The number of nitrogens with one attached hydrogen (secondary N) is 2. The molecule has 4 nitrogen and oxygen atoms in total. The molecule has 0 atom stereocenters. The number of amides is 2. The molecule has 0 aromatic heterocycles. The molecule has 0 aliphatic carbocycles. The topological polar surface area (TPSA) is 58.2 Å². The summed E-state index contributed by atoms with van der Waals surface area (Å²) in [6.45, 7) is 6.24. The fraction of sp³-hybridized carbons (Fsp3) is 0.333. The molecule has 0 heterocycles. The molecule has 0 aliphatic heterocycles. The largest absolute Gasteiger partial charge is 0.355 e. The van der Waals surface area contributed by atoms with Crippen molar-refractivity contribution in [1.29, 1.82) is 0 Å². The van der Waals surface area contributed by atoms with Crippen molar-refractivity contribution in [2.75, 3.05) is 6.54 Å². The lowest BCUT2D eigenvalue weighted by atomic mass is 9.90. The molecule has 0 saturated heterocycles. The molecular weight excluding hydrogens is 312 g/mol. The molecule has 0 fully saturated rings. The van der Waals surface area contributed by atoms with E-state index in [2.05, 4.69) is 10.6 Å². The van der Waals surface area contributed by atoms with E-state index < -0.39 is 5.41 Å². The molecule has 132 valence electrons. The third-order valence-electron chi connectivity index (χ3n) is 4.38. The van der Waals surface area contributed by atoms with E-state index in [0.29, 0.717) is 13.1 Å². The zero-order valence-electron chi connectivity index (χ0n) is 15.1. The van der Waals surface area contributed by atoms with Crippen LogP contribution in [0.3, 0.4) is 0 Å². The van der Waals surface area contributed by atoms with Gasteiger partial charge in [-0.1, -0.05) is 54.6 Å². The summed E-state index contributed by atoms with van der Waals surface area (Å²) in [5, 5.41) is 5.73. The van der Waals surface area contributed by atoms with E-state index in [0.717, 1.165) is 23.1 Å². The van der Waals surface area contributed by atoms with Gasteiger partial charge in [-0.25, -0.2) is 0 Å². The predicted molar refractivity (Wildman–Crippen MR) is 100.0 cm³/mol. The van der Waals surface area contributed by atoms with Gasteiger partial charge in [-0.15, -0.1) is 0 Å². The summed E-state index contributed by atoms with van der Waals surface area (Å²) in [4.78, 5) is 24.9. The van der Waals surface area contributed by atoms with E-state index in [4.69, 9.17) is 0 Å². The molecule has 2 aromatic carbocycles. The van der Waals surface area contributed by atoms with Crippen molar-refractivity contribution in [2.24, 2.45) is 5.41 Å². The number of carbonyl (C=O) groups excluding carboxylic acids is 2. The summed E-state index contributed by atoms with van der Waals surface area (Å²) in [6, 6.07) is 17.8. The molecule has 2 amide bonds. The Labute approximate surface area is 149 Å². The second-order valence-electron chi connectivity index (χ2n) is 6.73. The Bertz CT molecular complexity index is 724. The van der Waals surface area contributed by atoms with Crippen LogP contribution in [0, 0.1) is 12.3 Å². The van der Waals surface area contributed by atoms with E-state index in [9.17, 15) is 9.59 Å². The Morgan fingerprint density at radius 3 is 2.16 bits per heavy atom. The molecular formula is C21H26N2O2. The average molecular weight is 338 g/mol. The lowest BCUT2D eigenvalue weighted by Crippen LogP contribution is -2.48. The summed E-state index contributed by atoms with van der Waals surface area (Å²) in [6.07, 6.45) is 0.744. The Balaban J connectivity index is 1.84. The second kappa shape index (κ2) is 8.47. The molecule has 0 aliphatic rings. The number of aryl methyl sites for hydroxylation is 1. The summed E-state index contributed by atoms with van der Waals surface area (Å²) in [5.74, 6) is -0.529. The first kappa shape index (κ1) is 18.7. The number of hydrogen-bond donors (Lipinski definition) is 2. The van der Waals surface area contributed by atoms with Crippen LogP contribution in [0.25, 0.3) is 0 Å². The van der Waals surface area contributed by atoms with Crippen LogP contribution in [0.5, 0.6) is 0 Å². The van der Waals surface area contributed by atoms with Crippen molar-refractivity contribution < 1.29 is 9.59 Å². The normalized spacial score (nSPS) is 11.0. The van der Waals surface area contributed by atoms with Crippen molar-refractivity contribution in [3.8, 4) is 0 Å². The minimum atomic E-state index is -1.11. The van der Waals surface area contributed by atoms with Crippen molar-refractivity contribution in [1.82, 2.24) is 10.6 Å². The summed E-state index contributed by atoms with van der Waals surface area (Å²) in [5.41, 5.74) is 2.22. The Morgan fingerprint density at radius 2 is 1.48 bits per heavy atom. The average Bonchev–Trinajstić information content (AvgIpc) is 2.61. The maximum absolute atomic E-state index is 12.5. The fourth-order valence-corrected chi connectivity index (χ4v) is 2.49. The van der Waals surface area contributed by atoms with Crippen molar-refractivity contribution >= 4 is 11.8 Å². The van der Waals surface area contributed by atoms with Crippen LogP contribution in [-0.2, 0) is 22.6 Å². The number of benzene rings is 2. The van der Waals surface area contributed by atoms with Gasteiger partial charge in [-0.05, 0) is 43.9 Å². The van der Waals surface area contributed by atoms with Gasteiger partial charge in [0.25, 0.3) is 0 Å². The van der Waals surface area contributed by atoms with Gasteiger partial charge >= 0.3 is 0 Å². The molecule has 0 unspecified atom stereocenters. The van der Waals surface area contributed by atoms with Crippen LogP contribution < -0.4 is 10.6 Å². The summed E-state index contributed by atoms with van der Waals surface area (Å²) < 4.78 is 0. The molecule has 2 aromatic rings. The van der Waals surface area contributed by atoms with Crippen LogP contribution in [0.1, 0.15) is 30.5 Å². The molecule has 2 N–H and O–H groups in total. The number of hydrogen-bond acceptors (Lipinski definition) is 2. The Hall–Kier alpha value is -2.62. The van der Waals surface area contributed by atoms with Crippen LogP contribution in [-0.4, -0.2) is 18.4 Å². The zero-order chi connectivity index (χ0) is 18.3. The summed E-state index contributed by atoms with van der Waals surface area (Å²) in [7, 11) is 0. The third-order valence-corrected chi connectivity index (χ3v) is 4.38. The van der Waals surface area contributed by atoms with Crippen LogP contribution in [0.2, 0.25) is 0 Å². The van der Waals surface area contributed by atoms with Gasteiger partial charge in [0.05, 0.1) is 0 Å². The van der Waals surface area contributed by atoms with Gasteiger partial charge in [0.2, 0.25) is 11.8 Å². The van der Waals surface area contributed by atoms with Crippen molar-refractivity contribution in [3.63, 3.8) is 0 Å². The van der Waals surface area contributed by atoms with Crippen LogP contribution >= 0.6 is 0 Å². The highest BCUT2D eigenvalue weighted by molar-refractivity contribution is 6.04. The minimum absolute atomic E-state index is 0.259. The maximum Gasteiger partial charge on any atom is 0.235 e. The van der Waals surface area contributed by atoms with Gasteiger partial charge in [0, 0.05) is 13.1 Å². The molecule has 0 spiro atoms. The standard InChI is InChI=1S/C21H26N2O2/c1-16-9-7-8-12-18(16)15-23-20(25)21(2,3)19(24)22-14-13-17-10-5-4-6-11-17/h4-12H,13-15H2,1-3H3,(H,22,24)(H,23,25). The molecule has 0 radical (unpaired) electrons. The Kier molecular flexibility index (Phi) is 6.34. The van der Waals surface area contributed by atoms with Gasteiger partial charge in [-0.2, -0.15) is 0 Å². The SMILES string of the molecule is Cc1ccccc1CNC(=O)C(C)(C)C(=O)NCCc1ccccc1. The van der Waals surface area contributed by atoms with Gasteiger partial charge in [-0.3, -0.25) is 9.59 Å². The van der Waals surface area contributed by atoms with E-state index in [-0.39, 0.29) is 11.8 Å². The van der Waals surface area contributed by atoms with Crippen molar-refractivity contribution in [2.45, 2.75) is 33.7 Å². The first-order chi connectivity index (χ1) is 11.9. The first-order valence-electron chi connectivity index (χ1n) is 8.56. The predicted octanol–water partition coefficient (Wildman–Crippen LogP) is 3.00. The van der Waals surface area contributed by atoms with E-state index in [1.165, 1.54) is 0 Å². The highest BCUT2D eigenvalue weighted by Gasteiger charge is 2.35. The minimum Gasteiger partial charge on any atom is -0.355 e. The molecule has 4 heteroatoms. The highest BCUT2D eigenvalue weighted by atomic mass is 16.2. The van der Waals surface area contributed by atoms with Crippen LogP contribution in [0.15, 0.2) is 54.6 Å². The van der Waals surface area contributed by atoms with E-state index in [1.807, 2.05) is 61.5 Å². The van der Waals surface area contributed by atoms with Crippen molar-refractivity contribution in [3.05, 3.63) is 71.3 Å². The lowest BCUT2D eigenvalue weighted by Gasteiger charge is -2.23. The van der Waals surface area contributed by atoms with E-state index in [1.54, 1.807) is 13.8 Å². The van der Waals surface area contributed by atoms with E-state index >= 15 is 0 Å². The molecule has 0 saturated carbocycles. The van der Waals surface area contributed by atoms with Gasteiger partial charge in [0.15, 0.2) is 0 Å². The maximum atomic E-state index is 12.5. The first-order valence-corrected chi connectivity index (χ1v) is 8.56. The van der Waals surface area contributed by atoms with Gasteiger partial charge in [0.1, 0.15) is 5.41 Å². The summed E-state index contributed by atoms with van der Waals surface area (Å²) >= 11 is 0.